The van der Waals surface area contributed by atoms with Gasteiger partial charge in [-0.1, -0.05) is 0 Å². The van der Waals surface area contributed by atoms with Gasteiger partial charge in [0.1, 0.15) is 19.0 Å². The van der Waals surface area contributed by atoms with E-state index in [0.717, 1.165) is 0 Å². The maximum atomic E-state index is 12.7. The SMILES string of the molecule is CC(Oc1ccc2c(c1)OCO2)C(=O)N1CCC(N2C(=O)COCC2=O)CC1. The quantitative estimate of drug-likeness (QED) is 0.693. The van der Waals surface area contributed by atoms with Gasteiger partial charge in [0.15, 0.2) is 17.6 Å². The van der Waals surface area contributed by atoms with Gasteiger partial charge in [-0.05, 0) is 31.9 Å². The van der Waals surface area contributed by atoms with Crippen LogP contribution in [0.25, 0.3) is 0 Å². The van der Waals surface area contributed by atoms with Crippen molar-refractivity contribution in [3.05, 3.63) is 18.2 Å². The number of likely N-dealkylation sites (tertiary alicyclic amines) is 1. The molecule has 0 saturated carbocycles. The van der Waals surface area contributed by atoms with Gasteiger partial charge < -0.3 is 23.8 Å². The fourth-order valence-corrected chi connectivity index (χ4v) is 3.72. The molecule has 0 radical (unpaired) electrons. The number of hydrogen-bond acceptors (Lipinski definition) is 7. The van der Waals surface area contributed by atoms with E-state index in [1.807, 2.05) is 0 Å². The molecule has 4 rings (SSSR count). The number of imide groups is 1. The summed E-state index contributed by atoms with van der Waals surface area (Å²) in [6.45, 7) is 2.69. The Morgan fingerprint density at radius 2 is 1.79 bits per heavy atom. The van der Waals surface area contributed by atoms with Crippen LogP contribution in [0.3, 0.4) is 0 Å². The highest BCUT2D eigenvalue weighted by Crippen LogP contribution is 2.35. The zero-order valence-electron chi connectivity index (χ0n) is 15.6. The number of morpholine rings is 1. The molecule has 0 N–H and O–H groups in total. The molecule has 0 aliphatic carbocycles. The Hall–Kier alpha value is -2.81. The Morgan fingerprint density at radius 1 is 1.11 bits per heavy atom. The van der Waals surface area contributed by atoms with Crippen LogP contribution in [0.1, 0.15) is 19.8 Å². The van der Waals surface area contributed by atoms with Crippen LogP contribution in [0.15, 0.2) is 18.2 Å². The van der Waals surface area contributed by atoms with E-state index >= 15 is 0 Å². The van der Waals surface area contributed by atoms with Crippen LogP contribution in [0.5, 0.6) is 17.2 Å². The minimum atomic E-state index is -0.663. The van der Waals surface area contributed by atoms with Gasteiger partial charge in [0.2, 0.25) is 6.79 Å². The third-order valence-corrected chi connectivity index (χ3v) is 5.13. The van der Waals surface area contributed by atoms with Crippen LogP contribution >= 0.6 is 0 Å². The molecule has 2 fully saturated rings. The molecule has 1 aromatic rings. The van der Waals surface area contributed by atoms with E-state index in [9.17, 15) is 14.4 Å². The molecule has 0 aromatic heterocycles. The molecule has 2 saturated heterocycles. The first kappa shape index (κ1) is 18.5. The Labute approximate surface area is 162 Å². The van der Waals surface area contributed by atoms with E-state index in [2.05, 4.69) is 0 Å². The number of piperidine rings is 1. The normalized spacial score (nSPS) is 21.0. The molecule has 1 atom stereocenters. The molecule has 1 aromatic carbocycles. The lowest BCUT2D eigenvalue weighted by molar-refractivity contribution is -0.162. The topological polar surface area (TPSA) is 94.6 Å². The summed E-state index contributed by atoms with van der Waals surface area (Å²) in [5.41, 5.74) is 0. The molecular formula is C19H22N2O7. The van der Waals surface area contributed by atoms with E-state index in [0.29, 0.717) is 43.2 Å². The number of hydrogen-bond donors (Lipinski definition) is 0. The highest BCUT2D eigenvalue weighted by molar-refractivity contribution is 5.98. The van der Waals surface area contributed by atoms with E-state index in [1.54, 1.807) is 30.0 Å². The summed E-state index contributed by atoms with van der Waals surface area (Å²) in [5.74, 6) is 1.04. The first-order chi connectivity index (χ1) is 13.5. The molecule has 1 unspecified atom stereocenters. The monoisotopic (exact) mass is 390 g/mol. The maximum absolute atomic E-state index is 12.7. The van der Waals surface area contributed by atoms with Crippen LogP contribution in [-0.4, -0.2) is 72.8 Å². The Bertz CT molecular complexity index is 772. The largest absolute Gasteiger partial charge is 0.481 e. The van der Waals surface area contributed by atoms with Crippen molar-refractivity contribution in [1.29, 1.82) is 0 Å². The molecule has 28 heavy (non-hydrogen) atoms. The van der Waals surface area contributed by atoms with Gasteiger partial charge in [-0.2, -0.15) is 0 Å². The molecule has 9 nitrogen and oxygen atoms in total. The zero-order valence-corrected chi connectivity index (χ0v) is 15.6. The van der Waals surface area contributed by atoms with Crippen molar-refractivity contribution in [2.75, 3.05) is 33.1 Å². The molecule has 0 bridgehead atoms. The molecule has 9 heteroatoms. The second-order valence-electron chi connectivity index (χ2n) is 6.98. The fourth-order valence-electron chi connectivity index (χ4n) is 3.72. The van der Waals surface area contributed by atoms with Gasteiger partial charge in [-0.25, -0.2) is 0 Å². The van der Waals surface area contributed by atoms with E-state index < -0.39 is 6.10 Å². The number of fused-ring (bicyclic) bond motifs is 1. The second-order valence-corrected chi connectivity index (χ2v) is 6.98. The molecule has 3 amide bonds. The number of amides is 3. The first-order valence-corrected chi connectivity index (χ1v) is 9.30. The van der Waals surface area contributed by atoms with Crippen molar-refractivity contribution in [1.82, 2.24) is 9.80 Å². The lowest BCUT2D eigenvalue weighted by Crippen LogP contribution is -2.56. The van der Waals surface area contributed by atoms with Gasteiger partial charge in [0.05, 0.1) is 0 Å². The zero-order chi connectivity index (χ0) is 19.7. The summed E-state index contributed by atoms with van der Waals surface area (Å²) in [7, 11) is 0. The van der Waals surface area contributed by atoms with Crippen molar-refractivity contribution >= 4 is 17.7 Å². The van der Waals surface area contributed by atoms with Crippen molar-refractivity contribution in [2.45, 2.75) is 31.9 Å². The number of carbonyl (C=O) groups is 3. The number of rotatable bonds is 4. The lowest BCUT2D eigenvalue weighted by Gasteiger charge is -2.39. The predicted molar refractivity (Wildman–Crippen MR) is 94.9 cm³/mol. The van der Waals surface area contributed by atoms with Crippen molar-refractivity contribution in [3.63, 3.8) is 0 Å². The second kappa shape index (κ2) is 7.67. The smallest absolute Gasteiger partial charge is 0.263 e. The van der Waals surface area contributed by atoms with Crippen LogP contribution < -0.4 is 14.2 Å². The van der Waals surface area contributed by atoms with Gasteiger partial charge in [0.25, 0.3) is 17.7 Å². The number of carbonyl (C=O) groups excluding carboxylic acids is 3. The summed E-state index contributed by atoms with van der Waals surface area (Å²) in [6.07, 6.45) is 0.448. The van der Waals surface area contributed by atoms with Crippen molar-refractivity contribution in [3.8, 4) is 17.2 Å². The summed E-state index contributed by atoms with van der Waals surface area (Å²) in [5, 5.41) is 0. The molecular weight excluding hydrogens is 368 g/mol. The fraction of sp³-hybridized carbons (Fsp3) is 0.526. The Kier molecular flexibility index (Phi) is 5.08. The highest BCUT2D eigenvalue weighted by atomic mass is 16.7. The van der Waals surface area contributed by atoms with E-state index in [1.165, 1.54) is 4.90 Å². The minimum Gasteiger partial charge on any atom is -0.481 e. The molecule has 3 heterocycles. The molecule has 3 aliphatic rings. The number of benzene rings is 1. The molecule has 3 aliphatic heterocycles. The Balaban J connectivity index is 1.32. The standard InChI is InChI=1S/C19H22N2O7/c1-12(28-14-2-3-15-16(8-14)27-11-26-15)19(24)20-6-4-13(5-7-20)21-17(22)9-25-10-18(21)23/h2-3,8,12-13H,4-7,9-11H2,1H3. The van der Waals surface area contributed by atoms with Gasteiger partial charge >= 0.3 is 0 Å². The van der Waals surface area contributed by atoms with Crippen LogP contribution in [-0.2, 0) is 19.1 Å². The average Bonchev–Trinajstić information content (AvgIpc) is 3.15. The number of nitrogens with zero attached hydrogens (tertiary/aromatic N) is 2. The van der Waals surface area contributed by atoms with Crippen LogP contribution in [0, 0.1) is 0 Å². The minimum absolute atomic E-state index is 0.0642. The molecule has 150 valence electrons. The predicted octanol–water partition coefficient (Wildman–Crippen LogP) is 0.559. The van der Waals surface area contributed by atoms with Crippen molar-refractivity contribution in [2.24, 2.45) is 0 Å². The summed E-state index contributed by atoms with van der Waals surface area (Å²) in [6, 6.07) is 5.00. The highest BCUT2D eigenvalue weighted by Gasteiger charge is 2.36. The molecule has 0 spiro atoms. The lowest BCUT2D eigenvalue weighted by atomic mass is 10.0. The summed E-state index contributed by atoms with van der Waals surface area (Å²) >= 11 is 0. The van der Waals surface area contributed by atoms with Crippen molar-refractivity contribution < 1.29 is 33.3 Å². The van der Waals surface area contributed by atoms with Gasteiger partial charge in [-0.15, -0.1) is 0 Å². The summed E-state index contributed by atoms with van der Waals surface area (Å²) < 4.78 is 21.3. The third-order valence-electron chi connectivity index (χ3n) is 5.13. The third kappa shape index (κ3) is 3.62. The van der Waals surface area contributed by atoms with Gasteiger partial charge in [0, 0.05) is 25.2 Å². The summed E-state index contributed by atoms with van der Waals surface area (Å²) in [4.78, 5) is 39.7. The van der Waals surface area contributed by atoms with Crippen LogP contribution in [0.2, 0.25) is 0 Å². The number of ether oxygens (including phenoxy) is 4. The average molecular weight is 390 g/mol. The van der Waals surface area contributed by atoms with Crippen LogP contribution in [0.4, 0.5) is 0 Å². The maximum Gasteiger partial charge on any atom is 0.263 e. The van der Waals surface area contributed by atoms with E-state index in [4.69, 9.17) is 18.9 Å². The van der Waals surface area contributed by atoms with Gasteiger partial charge in [-0.3, -0.25) is 19.3 Å². The Morgan fingerprint density at radius 3 is 2.50 bits per heavy atom. The van der Waals surface area contributed by atoms with E-state index in [-0.39, 0.29) is 43.8 Å². The first-order valence-electron chi connectivity index (χ1n) is 9.30.